The molecule has 3 amide bonds. The van der Waals surface area contributed by atoms with Crippen molar-refractivity contribution >= 4 is 40.3 Å². The van der Waals surface area contributed by atoms with Gasteiger partial charge in [-0.2, -0.15) is 0 Å². The highest BCUT2D eigenvalue weighted by Gasteiger charge is 2.22. The van der Waals surface area contributed by atoms with E-state index in [1.807, 2.05) is 67.6 Å². The van der Waals surface area contributed by atoms with Crippen LogP contribution in [-0.4, -0.2) is 112 Å². The number of hydrogen-bond donors (Lipinski definition) is 5. The second-order valence-electron chi connectivity index (χ2n) is 14.1. The lowest BCUT2D eigenvalue weighted by Gasteiger charge is -2.20. The number of benzene rings is 3. The van der Waals surface area contributed by atoms with Gasteiger partial charge in [-0.15, -0.1) is 0 Å². The Morgan fingerprint density at radius 3 is 2.05 bits per heavy atom. The van der Waals surface area contributed by atoms with Crippen LogP contribution in [0.25, 0.3) is 21.9 Å². The minimum absolute atomic E-state index is 0.324. The number of carbonyl (C=O) groups excluding carboxylic acids is 3. The Hall–Kier alpha value is -5.61. The zero-order chi connectivity index (χ0) is 43.0. The van der Waals surface area contributed by atoms with Crippen molar-refractivity contribution < 1.29 is 48.0 Å². The van der Waals surface area contributed by atoms with E-state index < -0.39 is 36.4 Å². The molecule has 15 heteroatoms. The van der Waals surface area contributed by atoms with Crippen LogP contribution in [0.4, 0.5) is 5.82 Å². The minimum atomic E-state index is -1.10. The van der Waals surface area contributed by atoms with Crippen molar-refractivity contribution in [3.63, 3.8) is 0 Å². The highest BCUT2D eigenvalue weighted by Crippen LogP contribution is 2.35. The summed E-state index contributed by atoms with van der Waals surface area (Å²) in [4.78, 5) is 54.0. The molecule has 324 valence electrons. The number of aliphatic carboxylic acids is 1. The van der Waals surface area contributed by atoms with Crippen LogP contribution in [0.15, 0.2) is 79.0 Å². The molecule has 1 aromatic heterocycles. The summed E-state index contributed by atoms with van der Waals surface area (Å²) in [5.41, 5.74) is 3.49. The second kappa shape index (κ2) is 26.5. The van der Waals surface area contributed by atoms with E-state index in [0.717, 1.165) is 46.2 Å². The lowest BCUT2D eigenvalue weighted by atomic mass is 9.95. The number of hydrogen-bond acceptors (Lipinski definition) is 11. The first kappa shape index (κ1) is 47.1. The number of fused-ring (bicyclic) bond motifs is 1. The normalized spacial score (nSPS) is 12.1. The van der Waals surface area contributed by atoms with Gasteiger partial charge >= 0.3 is 5.97 Å². The van der Waals surface area contributed by atoms with Crippen molar-refractivity contribution in [1.82, 2.24) is 20.9 Å². The van der Waals surface area contributed by atoms with E-state index in [9.17, 15) is 24.3 Å². The Kier molecular flexibility index (Phi) is 20.8. The topological polar surface area (TPSA) is 196 Å². The van der Waals surface area contributed by atoms with E-state index in [1.165, 1.54) is 6.92 Å². The van der Waals surface area contributed by atoms with Gasteiger partial charge in [0.25, 0.3) is 0 Å². The molecule has 0 spiro atoms. The molecule has 0 saturated heterocycles. The predicted molar refractivity (Wildman–Crippen MR) is 229 cm³/mol. The van der Waals surface area contributed by atoms with Crippen molar-refractivity contribution in [3.8, 4) is 16.9 Å². The summed E-state index contributed by atoms with van der Waals surface area (Å²) >= 11 is 0. The number of carboxylic acids is 1. The quantitative estimate of drug-likeness (QED) is 0.0449. The monoisotopic (exact) mass is 829 g/mol. The summed E-state index contributed by atoms with van der Waals surface area (Å²) in [6.45, 7) is 10.0. The SMILES string of the molecule is CCCOCCOCCOCCOCCOc1ccc(-c2ccc(C(CC(=O)O)NC(=O)CNC(=O)C(CCCNc3cc(C)ccn3)NC(C)=O)cc2)c2ccccc12. The lowest BCUT2D eigenvalue weighted by Crippen LogP contribution is -2.49. The van der Waals surface area contributed by atoms with Gasteiger partial charge in [-0.1, -0.05) is 61.5 Å². The average molecular weight is 830 g/mol. The van der Waals surface area contributed by atoms with Gasteiger partial charge in [0.1, 0.15) is 24.2 Å². The molecule has 4 rings (SSSR count). The van der Waals surface area contributed by atoms with E-state index in [-0.39, 0.29) is 12.3 Å². The van der Waals surface area contributed by atoms with Crippen LogP contribution in [0.2, 0.25) is 0 Å². The molecule has 2 unspecified atom stereocenters. The fourth-order valence-electron chi connectivity index (χ4n) is 6.29. The summed E-state index contributed by atoms with van der Waals surface area (Å²) in [6, 6.07) is 21.2. The smallest absolute Gasteiger partial charge is 0.305 e. The Bertz CT molecular complexity index is 1940. The molecule has 0 aliphatic rings. The molecule has 0 aliphatic heterocycles. The van der Waals surface area contributed by atoms with Gasteiger partial charge in [-0.3, -0.25) is 19.2 Å². The first-order valence-electron chi connectivity index (χ1n) is 20.4. The van der Waals surface area contributed by atoms with Crippen molar-refractivity contribution in [1.29, 1.82) is 0 Å². The number of rotatable bonds is 29. The zero-order valence-electron chi connectivity index (χ0n) is 34.8. The van der Waals surface area contributed by atoms with E-state index in [0.29, 0.717) is 83.6 Å². The predicted octanol–water partition coefficient (Wildman–Crippen LogP) is 5.21. The molecule has 2 atom stereocenters. The van der Waals surface area contributed by atoms with Gasteiger partial charge in [-0.25, -0.2) is 4.98 Å². The van der Waals surface area contributed by atoms with Crippen LogP contribution in [0.3, 0.4) is 0 Å². The fraction of sp³-hybridized carbons (Fsp3) is 0.444. The number of ether oxygens (including phenoxy) is 5. The zero-order valence-corrected chi connectivity index (χ0v) is 34.8. The summed E-state index contributed by atoms with van der Waals surface area (Å²) in [7, 11) is 0. The van der Waals surface area contributed by atoms with Crippen molar-refractivity contribution in [2.24, 2.45) is 0 Å². The number of amides is 3. The van der Waals surface area contributed by atoms with Crippen molar-refractivity contribution in [3.05, 3.63) is 90.1 Å². The van der Waals surface area contributed by atoms with Gasteiger partial charge in [0, 0.05) is 31.7 Å². The summed E-state index contributed by atoms with van der Waals surface area (Å²) in [6.07, 6.45) is 3.20. The molecule has 5 N–H and O–H groups in total. The third-order valence-corrected chi connectivity index (χ3v) is 9.18. The van der Waals surface area contributed by atoms with Gasteiger partial charge in [0.2, 0.25) is 17.7 Å². The van der Waals surface area contributed by atoms with E-state index in [2.05, 4.69) is 33.2 Å². The van der Waals surface area contributed by atoms with Gasteiger partial charge in [0.15, 0.2) is 0 Å². The Labute approximate surface area is 351 Å². The van der Waals surface area contributed by atoms with Gasteiger partial charge in [0.05, 0.1) is 65.3 Å². The highest BCUT2D eigenvalue weighted by molar-refractivity contribution is 6.00. The molecular formula is C45H59N5O10. The third-order valence-electron chi connectivity index (χ3n) is 9.18. The summed E-state index contributed by atoms with van der Waals surface area (Å²) in [5, 5.41) is 22.7. The van der Waals surface area contributed by atoms with Gasteiger partial charge < -0.3 is 50.1 Å². The van der Waals surface area contributed by atoms with E-state index in [4.69, 9.17) is 23.7 Å². The molecule has 4 aromatic rings. The number of carboxylic acid groups (broad SMARTS) is 1. The molecular weight excluding hydrogens is 771 g/mol. The van der Waals surface area contributed by atoms with Crippen LogP contribution in [0.5, 0.6) is 5.75 Å². The lowest BCUT2D eigenvalue weighted by molar-refractivity contribution is -0.138. The standard InChI is InChI=1S/C45H59N5O10/c1-4-20-56-21-22-57-23-24-58-25-26-59-27-28-60-41-16-15-36(37-8-5-6-9-38(37)41)34-11-13-35(14-12-34)40(30-44(53)54)50-43(52)31-48-45(55)39(49-33(3)51)10-7-18-46-42-29-32(2)17-19-47-42/h5-6,8-9,11-17,19,29,39-40H,4,7,10,18,20-28,30-31H2,1-3H3,(H,46,47)(H,48,55)(H,49,51)(H,50,52)(H,53,54). The number of pyridine rings is 1. The summed E-state index contributed by atoms with van der Waals surface area (Å²) < 4.78 is 28.2. The first-order chi connectivity index (χ1) is 29.1. The van der Waals surface area contributed by atoms with Crippen molar-refractivity contribution in [2.75, 3.05) is 77.9 Å². The maximum absolute atomic E-state index is 13.0. The number of nitrogens with one attached hydrogen (secondary N) is 4. The molecule has 15 nitrogen and oxygen atoms in total. The molecule has 0 radical (unpaired) electrons. The number of nitrogens with zero attached hydrogens (tertiary/aromatic N) is 1. The molecule has 0 saturated carbocycles. The molecule has 0 bridgehead atoms. The number of anilines is 1. The molecule has 0 aliphatic carbocycles. The van der Waals surface area contributed by atoms with Crippen molar-refractivity contribution in [2.45, 2.75) is 58.5 Å². The maximum Gasteiger partial charge on any atom is 0.305 e. The molecule has 1 heterocycles. The number of carbonyl (C=O) groups is 4. The molecule has 3 aromatic carbocycles. The van der Waals surface area contributed by atoms with E-state index >= 15 is 0 Å². The summed E-state index contributed by atoms with van der Waals surface area (Å²) in [5.74, 6) is -1.13. The molecule has 60 heavy (non-hydrogen) atoms. The first-order valence-corrected chi connectivity index (χ1v) is 20.4. The maximum atomic E-state index is 13.0. The Morgan fingerprint density at radius 2 is 1.42 bits per heavy atom. The average Bonchev–Trinajstić information content (AvgIpc) is 3.23. The van der Waals surface area contributed by atoms with Crippen LogP contribution < -0.4 is 26.0 Å². The van der Waals surface area contributed by atoms with Crippen LogP contribution in [0, 0.1) is 6.92 Å². The number of aromatic nitrogens is 1. The Morgan fingerprint density at radius 1 is 0.767 bits per heavy atom. The van der Waals surface area contributed by atoms with Crippen LogP contribution in [0.1, 0.15) is 56.7 Å². The number of aryl methyl sites for hydroxylation is 1. The molecule has 0 fully saturated rings. The fourth-order valence-corrected chi connectivity index (χ4v) is 6.29. The largest absolute Gasteiger partial charge is 0.491 e. The van der Waals surface area contributed by atoms with Crippen LogP contribution in [-0.2, 0) is 38.1 Å². The van der Waals surface area contributed by atoms with Crippen LogP contribution >= 0.6 is 0 Å². The third kappa shape index (κ3) is 16.9. The van der Waals surface area contributed by atoms with E-state index in [1.54, 1.807) is 18.3 Å². The minimum Gasteiger partial charge on any atom is -0.491 e. The second-order valence-corrected chi connectivity index (χ2v) is 14.1. The highest BCUT2D eigenvalue weighted by atomic mass is 16.6. The van der Waals surface area contributed by atoms with Gasteiger partial charge in [-0.05, 0) is 72.0 Å². The Balaban J connectivity index is 1.26.